The summed E-state index contributed by atoms with van der Waals surface area (Å²) in [7, 11) is 0. The van der Waals surface area contributed by atoms with E-state index in [1.54, 1.807) is 18.3 Å². The lowest BCUT2D eigenvalue weighted by Gasteiger charge is -2.07. The number of H-pyrrole nitrogens is 2. The normalized spacial score (nSPS) is 10.8. The zero-order valence-electron chi connectivity index (χ0n) is 11.4. The Morgan fingerprint density at radius 3 is 3.00 bits per heavy atom. The van der Waals surface area contributed by atoms with E-state index in [1.165, 1.54) is 6.07 Å². The number of nitrogens with one attached hydrogen (secondary N) is 3. The van der Waals surface area contributed by atoms with Gasteiger partial charge in [-0.2, -0.15) is 5.10 Å². The molecule has 0 fully saturated rings. The van der Waals surface area contributed by atoms with Crippen molar-refractivity contribution in [2.24, 2.45) is 0 Å². The third-order valence-electron chi connectivity index (χ3n) is 3.11. The Labute approximate surface area is 123 Å². The molecule has 3 N–H and O–H groups in total. The van der Waals surface area contributed by atoms with Crippen molar-refractivity contribution in [3.05, 3.63) is 58.2 Å². The first-order valence-corrected chi connectivity index (χ1v) is 6.59. The maximum atomic E-state index is 13.6. The Bertz CT molecular complexity index is 886. The Balaban J connectivity index is 1.76. The average Bonchev–Trinajstić information content (AvgIpc) is 2.91. The molecule has 0 unspecified atom stereocenters. The molecule has 0 spiro atoms. The molecule has 112 valence electrons. The molecule has 0 saturated heterocycles. The van der Waals surface area contributed by atoms with Crippen LogP contribution in [0, 0.1) is 5.82 Å². The van der Waals surface area contributed by atoms with Crippen LogP contribution in [-0.4, -0.2) is 32.6 Å². The van der Waals surface area contributed by atoms with Gasteiger partial charge in [-0.25, -0.2) is 14.3 Å². The second-order valence-corrected chi connectivity index (χ2v) is 4.66. The molecule has 7 nitrogen and oxygen atoms in total. The number of fused-ring (bicyclic) bond motifs is 1. The van der Waals surface area contributed by atoms with Crippen molar-refractivity contribution < 1.29 is 9.18 Å². The van der Waals surface area contributed by atoms with Crippen LogP contribution >= 0.6 is 0 Å². The Kier molecular flexibility index (Phi) is 3.65. The molecule has 0 saturated carbocycles. The highest BCUT2D eigenvalue weighted by molar-refractivity contribution is 6.05. The molecule has 8 heteroatoms. The first-order valence-electron chi connectivity index (χ1n) is 6.59. The molecule has 2 heterocycles. The Morgan fingerprint density at radius 1 is 1.36 bits per heavy atom. The minimum atomic E-state index is -0.498. The lowest BCUT2D eigenvalue weighted by Crippen LogP contribution is -2.26. The van der Waals surface area contributed by atoms with Crippen LogP contribution in [0.1, 0.15) is 16.2 Å². The van der Waals surface area contributed by atoms with E-state index in [0.29, 0.717) is 23.1 Å². The van der Waals surface area contributed by atoms with E-state index in [4.69, 9.17) is 0 Å². The van der Waals surface area contributed by atoms with Gasteiger partial charge < -0.3 is 5.32 Å². The van der Waals surface area contributed by atoms with Crippen LogP contribution in [0.5, 0.6) is 0 Å². The molecule has 0 atom stereocenters. The van der Waals surface area contributed by atoms with Crippen LogP contribution in [0.4, 0.5) is 4.39 Å². The highest BCUT2D eigenvalue weighted by Crippen LogP contribution is 2.18. The van der Waals surface area contributed by atoms with Crippen molar-refractivity contribution in [2.75, 3.05) is 6.54 Å². The molecule has 0 bridgehead atoms. The van der Waals surface area contributed by atoms with Gasteiger partial charge in [0.25, 0.3) is 5.91 Å². The summed E-state index contributed by atoms with van der Waals surface area (Å²) in [5.74, 6) is -0.490. The highest BCUT2D eigenvalue weighted by Gasteiger charge is 2.13. The molecule has 3 aromatic rings. The summed E-state index contributed by atoms with van der Waals surface area (Å²) in [6.07, 6.45) is 1.90. The molecule has 1 aromatic carbocycles. The molecule has 1 amide bonds. The van der Waals surface area contributed by atoms with Gasteiger partial charge in [-0.1, -0.05) is 6.07 Å². The van der Waals surface area contributed by atoms with Crippen LogP contribution in [0.25, 0.3) is 10.9 Å². The van der Waals surface area contributed by atoms with E-state index in [0.717, 1.165) is 6.07 Å². The number of carbonyl (C=O) groups is 1. The lowest BCUT2D eigenvalue weighted by molar-refractivity contribution is 0.0955. The van der Waals surface area contributed by atoms with Crippen LogP contribution < -0.4 is 11.0 Å². The summed E-state index contributed by atoms with van der Waals surface area (Å²) >= 11 is 0. The Morgan fingerprint density at radius 2 is 2.23 bits per heavy atom. The summed E-state index contributed by atoms with van der Waals surface area (Å²) < 4.78 is 13.6. The fraction of sp³-hybridized carbons (Fsp3) is 0.143. The number of aromatic amines is 2. The number of pyridine rings is 1. The van der Waals surface area contributed by atoms with E-state index in [2.05, 4.69) is 25.5 Å². The highest BCUT2D eigenvalue weighted by atomic mass is 19.1. The number of hydrogen-bond donors (Lipinski definition) is 3. The molecule has 0 aliphatic heterocycles. The van der Waals surface area contributed by atoms with Crippen LogP contribution in [0.2, 0.25) is 0 Å². The van der Waals surface area contributed by atoms with Gasteiger partial charge in [0.15, 0.2) is 0 Å². The minimum absolute atomic E-state index is 0.172. The van der Waals surface area contributed by atoms with Gasteiger partial charge in [-0.05, 0) is 18.2 Å². The standard InChI is InChI=1S/C14H12FN5O2/c15-9-6-8-2-1-4-16-12(8)10(7-9)13(21)17-5-3-11-18-14(22)20-19-11/h1-2,4,6-7H,3,5H2,(H,17,21)(H2,18,19,20,22). The zero-order chi connectivity index (χ0) is 15.5. The van der Waals surface area contributed by atoms with E-state index in [-0.39, 0.29) is 12.1 Å². The number of hydrogen-bond acceptors (Lipinski definition) is 4. The fourth-order valence-electron chi connectivity index (χ4n) is 2.14. The zero-order valence-corrected chi connectivity index (χ0v) is 11.4. The second kappa shape index (κ2) is 5.76. The summed E-state index contributed by atoms with van der Waals surface area (Å²) in [6.45, 7) is 0.254. The molecule has 2 aromatic heterocycles. The van der Waals surface area contributed by atoms with Gasteiger partial charge in [0.1, 0.15) is 11.6 Å². The quantitative estimate of drug-likeness (QED) is 0.661. The van der Waals surface area contributed by atoms with Crippen molar-refractivity contribution in [3.63, 3.8) is 0 Å². The number of amides is 1. The maximum Gasteiger partial charge on any atom is 0.340 e. The second-order valence-electron chi connectivity index (χ2n) is 4.66. The SMILES string of the molecule is O=C(NCCc1n[nH]c(=O)[nH]1)c1cc(F)cc2cccnc12. The lowest BCUT2D eigenvalue weighted by atomic mass is 10.1. The summed E-state index contributed by atoms with van der Waals surface area (Å²) in [5, 5.41) is 9.18. The largest absolute Gasteiger partial charge is 0.352 e. The van der Waals surface area contributed by atoms with Crippen molar-refractivity contribution in [3.8, 4) is 0 Å². The van der Waals surface area contributed by atoms with Crippen LogP contribution in [0.15, 0.2) is 35.3 Å². The van der Waals surface area contributed by atoms with Crippen molar-refractivity contribution in [2.45, 2.75) is 6.42 Å². The molecular weight excluding hydrogens is 289 g/mol. The maximum absolute atomic E-state index is 13.6. The average molecular weight is 301 g/mol. The summed E-state index contributed by atoms with van der Waals surface area (Å²) in [6, 6.07) is 5.85. The predicted octanol–water partition coefficient (Wildman–Crippen LogP) is 0.758. The van der Waals surface area contributed by atoms with E-state index >= 15 is 0 Å². The first-order chi connectivity index (χ1) is 10.6. The number of rotatable bonds is 4. The molecular formula is C14H12FN5O2. The van der Waals surface area contributed by atoms with E-state index < -0.39 is 17.4 Å². The van der Waals surface area contributed by atoms with Gasteiger partial charge in [-0.15, -0.1) is 0 Å². The van der Waals surface area contributed by atoms with E-state index in [9.17, 15) is 14.0 Å². The smallest absolute Gasteiger partial charge is 0.340 e. The molecule has 0 radical (unpaired) electrons. The van der Waals surface area contributed by atoms with Crippen molar-refractivity contribution >= 4 is 16.8 Å². The third-order valence-corrected chi connectivity index (χ3v) is 3.11. The number of nitrogens with zero attached hydrogens (tertiary/aromatic N) is 2. The Hall–Kier alpha value is -3.03. The molecule has 22 heavy (non-hydrogen) atoms. The number of carbonyl (C=O) groups excluding carboxylic acids is 1. The van der Waals surface area contributed by atoms with Gasteiger partial charge in [-0.3, -0.25) is 14.8 Å². The summed E-state index contributed by atoms with van der Waals surface area (Å²) in [5.41, 5.74) is 0.211. The minimum Gasteiger partial charge on any atom is -0.352 e. The number of halogens is 1. The molecule has 0 aliphatic carbocycles. The monoisotopic (exact) mass is 301 g/mol. The summed E-state index contributed by atoms with van der Waals surface area (Å²) in [4.78, 5) is 29.7. The number of aromatic nitrogens is 4. The van der Waals surface area contributed by atoms with Gasteiger partial charge >= 0.3 is 5.69 Å². The fourth-order valence-corrected chi connectivity index (χ4v) is 2.14. The van der Waals surface area contributed by atoms with E-state index in [1.807, 2.05) is 0 Å². The van der Waals surface area contributed by atoms with Gasteiger partial charge in [0.2, 0.25) is 0 Å². The van der Waals surface area contributed by atoms with Crippen LogP contribution in [-0.2, 0) is 6.42 Å². The topological polar surface area (TPSA) is 104 Å². The first kappa shape index (κ1) is 13.9. The third kappa shape index (κ3) is 2.85. The predicted molar refractivity (Wildman–Crippen MR) is 76.9 cm³/mol. The molecule has 0 aliphatic rings. The van der Waals surface area contributed by atoms with Crippen molar-refractivity contribution in [1.29, 1.82) is 0 Å². The van der Waals surface area contributed by atoms with Crippen LogP contribution in [0.3, 0.4) is 0 Å². The van der Waals surface area contributed by atoms with Gasteiger partial charge in [0.05, 0.1) is 11.1 Å². The number of benzene rings is 1. The van der Waals surface area contributed by atoms with Crippen molar-refractivity contribution in [1.82, 2.24) is 25.5 Å². The van der Waals surface area contributed by atoms with Gasteiger partial charge in [0, 0.05) is 24.5 Å². The molecule has 3 rings (SSSR count).